The van der Waals surface area contributed by atoms with Crippen molar-refractivity contribution in [3.05, 3.63) is 0 Å². The first-order chi connectivity index (χ1) is 6.52. The Kier molecular flexibility index (Phi) is 14.4. The van der Waals surface area contributed by atoms with E-state index in [-0.39, 0.29) is 17.0 Å². The van der Waals surface area contributed by atoms with Crippen LogP contribution >= 0.6 is 17.0 Å². The first-order valence-corrected chi connectivity index (χ1v) is 8.46. The second kappa shape index (κ2) is 11.7. The van der Waals surface area contributed by atoms with E-state index in [0.29, 0.717) is 12.0 Å². The molecule has 0 aromatic rings. The van der Waals surface area contributed by atoms with Crippen molar-refractivity contribution in [3.8, 4) is 0 Å². The molecule has 0 spiro atoms. The molecule has 0 saturated heterocycles. The van der Waals surface area contributed by atoms with Gasteiger partial charge in [0.15, 0.2) is 0 Å². The molecule has 0 amide bonds. The van der Waals surface area contributed by atoms with Gasteiger partial charge in [0.2, 0.25) is 0 Å². The summed E-state index contributed by atoms with van der Waals surface area (Å²) in [6.45, 7) is 9.79. The van der Waals surface area contributed by atoms with Gasteiger partial charge in [0.05, 0.1) is 0 Å². The molecule has 2 N–H and O–H groups in total. The Hall–Kier alpha value is 1.20. The third-order valence-electron chi connectivity index (χ3n) is 2.00. The zero-order valence-electron chi connectivity index (χ0n) is 10.5. The first-order valence-electron chi connectivity index (χ1n) is 5.65. The molecule has 0 aliphatic heterocycles. The van der Waals surface area contributed by atoms with Crippen LogP contribution in [0.15, 0.2) is 0 Å². The number of hydrogen-bond acceptors (Lipinski definition) is 2. The van der Waals surface area contributed by atoms with Crippen molar-refractivity contribution in [2.24, 2.45) is 11.7 Å². The summed E-state index contributed by atoms with van der Waals surface area (Å²) in [6.07, 6.45) is 3.74. The summed E-state index contributed by atoms with van der Waals surface area (Å²) < 4.78 is 6.60. The zero-order valence-corrected chi connectivity index (χ0v) is 15.0. The molecule has 2 nitrogen and oxygen atoms in total. The Morgan fingerprint density at radius 2 is 1.73 bits per heavy atom. The molecule has 0 aromatic carbocycles. The SMILES string of the molecule is Br.CC(C)C[O][Sn][CH](C)CCCC(C)N. The Morgan fingerprint density at radius 3 is 2.20 bits per heavy atom. The first kappa shape index (κ1) is 18.6. The van der Waals surface area contributed by atoms with Gasteiger partial charge in [-0.3, -0.25) is 0 Å². The second-order valence-corrected chi connectivity index (χ2v) is 8.94. The Morgan fingerprint density at radius 1 is 1.13 bits per heavy atom. The summed E-state index contributed by atoms with van der Waals surface area (Å²) in [5, 5.41) is 0. The minimum atomic E-state index is -0.560. The van der Waals surface area contributed by atoms with E-state index >= 15 is 0 Å². The molecule has 2 atom stereocenters. The molecule has 0 aromatic heterocycles. The molecule has 0 aliphatic rings. The average molecular weight is 387 g/mol. The predicted octanol–water partition coefficient (Wildman–Crippen LogP) is 3.18. The van der Waals surface area contributed by atoms with Crippen LogP contribution in [0.2, 0.25) is 3.93 Å². The molecule has 92 valence electrons. The molecule has 0 heterocycles. The van der Waals surface area contributed by atoms with Crippen LogP contribution in [0, 0.1) is 5.92 Å². The fraction of sp³-hybridized carbons (Fsp3) is 1.00. The predicted molar refractivity (Wildman–Crippen MR) is 73.8 cm³/mol. The van der Waals surface area contributed by atoms with E-state index in [0.717, 1.165) is 17.0 Å². The second-order valence-electron chi connectivity index (χ2n) is 4.63. The van der Waals surface area contributed by atoms with E-state index in [9.17, 15) is 0 Å². The van der Waals surface area contributed by atoms with Crippen molar-refractivity contribution in [1.82, 2.24) is 0 Å². The van der Waals surface area contributed by atoms with E-state index in [2.05, 4.69) is 27.7 Å². The minimum absolute atomic E-state index is 0. The summed E-state index contributed by atoms with van der Waals surface area (Å²) in [6, 6.07) is 0.365. The van der Waals surface area contributed by atoms with Crippen LogP contribution in [0.1, 0.15) is 47.0 Å². The fourth-order valence-electron chi connectivity index (χ4n) is 1.16. The van der Waals surface area contributed by atoms with E-state index in [1.54, 1.807) is 0 Å². The number of halogens is 1. The van der Waals surface area contributed by atoms with Gasteiger partial charge in [-0.05, 0) is 0 Å². The molecule has 4 heteroatoms. The van der Waals surface area contributed by atoms with Crippen LogP contribution in [0.4, 0.5) is 0 Å². The van der Waals surface area contributed by atoms with Crippen LogP contribution in [0.5, 0.6) is 0 Å². The van der Waals surface area contributed by atoms with Crippen molar-refractivity contribution in [3.63, 3.8) is 0 Å². The molecular formula is C11H26BrNOSn. The number of nitrogens with two attached hydrogens (primary N) is 1. The fourth-order valence-corrected chi connectivity index (χ4v) is 4.12. The molecule has 0 fully saturated rings. The van der Waals surface area contributed by atoms with Gasteiger partial charge in [-0.2, -0.15) is 0 Å². The molecule has 0 aliphatic carbocycles. The standard InChI is InChI=1S/C7H16N.C4H9O.BrH.Sn/c1-3-4-5-6-7(2)8;1-4(2)3-5;;/h3,7H,4-6,8H2,1-2H3;4H,3H2,1-2H3;1H;/q;-1;;+1. The molecule has 0 bridgehead atoms. The van der Waals surface area contributed by atoms with Crippen molar-refractivity contribution >= 4 is 38.5 Å². The quantitative estimate of drug-likeness (QED) is 0.650. The zero-order chi connectivity index (χ0) is 11.0. The van der Waals surface area contributed by atoms with Crippen LogP contribution in [-0.4, -0.2) is 34.2 Å². The van der Waals surface area contributed by atoms with Gasteiger partial charge in [-0.25, -0.2) is 0 Å². The summed E-state index contributed by atoms with van der Waals surface area (Å²) in [5.74, 6) is 0.687. The van der Waals surface area contributed by atoms with Crippen molar-refractivity contribution in [2.75, 3.05) is 6.61 Å². The van der Waals surface area contributed by atoms with Crippen molar-refractivity contribution < 1.29 is 3.07 Å². The summed E-state index contributed by atoms with van der Waals surface area (Å²) in [5.41, 5.74) is 5.70. The molecule has 2 radical (unpaired) electrons. The van der Waals surface area contributed by atoms with Gasteiger partial charge in [0, 0.05) is 0 Å². The monoisotopic (exact) mass is 387 g/mol. The van der Waals surface area contributed by atoms with E-state index in [1.807, 2.05) is 0 Å². The van der Waals surface area contributed by atoms with Crippen molar-refractivity contribution in [2.45, 2.75) is 56.9 Å². The van der Waals surface area contributed by atoms with Crippen LogP contribution in [-0.2, 0) is 3.07 Å². The van der Waals surface area contributed by atoms with Gasteiger partial charge in [-0.1, -0.05) is 0 Å². The third-order valence-corrected chi connectivity index (χ3v) is 4.92. The van der Waals surface area contributed by atoms with Gasteiger partial charge < -0.3 is 0 Å². The Labute approximate surface area is 116 Å². The summed E-state index contributed by atoms with van der Waals surface area (Å²) >= 11 is -0.560. The van der Waals surface area contributed by atoms with E-state index < -0.39 is 21.6 Å². The van der Waals surface area contributed by atoms with Crippen LogP contribution in [0.25, 0.3) is 0 Å². The maximum atomic E-state index is 5.75. The Balaban J connectivity index is 0. The maximum absolute atomic E-state index is 5.75. The van der Waals surface area contributed by atoms with Crippen molar-refractivity contribution in [1.29, 1.82) is 0 Å². The van der Waals surface area contributed by atoms with Gasteiger partial charge in [-0.15, -0.1) is 17.0 Å². The summed E-state index contributed by atoms with van der Waals surface area (Å²) in [7, 11) is 0. The molecule has 15 heavy (non-hydrogen) atoms. The number of hydrogen-bond donors (Lipinski definition) is 1. The van der Waals surface area contributed by atoms with Gasteiger partial charge >= 0.3 is 99.8 Å². The van der Waals surface area contributed by atoms with E-state index in [4.69, 9.17) is 8.81 Å². The molecular weight excluding hydrogens is 361 g/mol. The number of rotatable bonds is 8. The Bertz CT molecular complexity index is 120. The molecule has 0 saturated carbocycles. The van der Waals surface area contributed by atoms with E-state index in [1.165, 1.54) is 12.8 Å². The average Bonchev–Trinajstić information content (AvgIpc) is 2.02. The third kappa shape index (κ3) is 15.2. The van der Waals surface area contributed by atoms with Gasteiger partial charge in [0.1, 0.15) is 0 Å². The van der Waals surface area contributed by atoms with Gasteiger partial charge in [0.25, 0.3) is 0 Å². The normalized spacial score (nSPS) is 14.8. The molecule has 2 unspecified atom stereocenters. The van der Waals surface area contributed by atoms with Crippen LogP contribution < -0.4 is 5.73 Å². The summed E-state index contributed by atoms with van der Waals surface area (Å²) in [4.78, 5) is 0. The topological polar surface area (TPSA) is 35.2 Å². The van der Waals surface area contributed by atoms with Crippen LogP contribution in [0.3, 0.4) is 0 Å². The molecule has 0 rings (SSSR count).